The molecule has 0 atom stereocenters. The zero-order valence-corrected chi connectivity index (χ0v) is 9.07. The summed E-state index contributed by atoms with van der Waals surface area (Å²) in [7, 11) is 3.76. The Morgan fingerprint density at radius 2 is 2.14 bits per heavy atom. The van der Waals surface area contributed by atoms with E-state index in [1.165, 1.54) is 6.07 Å². The van der Waals surface area contributed by atoms with Crippen LogP contribution in [0.2, 0.25) is 0 Å². The van der Waals surface area contributed by atoms with Crippen molar-refractivity contribution in [3.63, 3.8) is 0 Å². The molecule has 0 aliphatic carbocycles. The highest BCUT2D eigenvalue weighted by molar-refractivity contribution is 7.80. The summed E-state index contributed by atoms with van der Waals surface area (Å²) >= 11 is 4.82. The van der Waals surface area contributed by atoms with E-state index in [4.69, 9.17) is 18.0 Å². The number of hydrogen-bond acceptors (Lipinski definition) is 2. The Balaban J connectivity index is 3.02. The molecule has 0 unspecified atom stereocenters. The Hall–Kier alpha value is -1.00. The lowest BCUT2D eigenvalue weighted by atomic mass is 10.1. The number of thiocarbonyl (C=S) groups is 1. The summed E-state index contributed by atoms with van der Waals surface area (Å²) in [6.07, 6.45) is 0. The molecule has 4 heteroatoms. The minimum atomic E-state index is -0.223. The normalized spacial score (nSPS) is 10.6. The zero-order chi connectivity index (χ0) is 10.7. The Morgan fingerprint density at radius 3 is 2.64 bits per heavy atom. The highest BCUT2D eigenvalue weighted by Crippen LogP contribution is 2.12. The first-order chi connectivity index (χ1) is 6.50. The number of rotatable bonds is 3. The molecule has 2 N–H and O–H groups in total. The van der Waals surface area contributed by atoms with Gasteiger partial charge in [-0.2, -0.15) is 0 Å². The minimum Gasteiger partial charge on any atom is -0.389 e. The third-order valence-electron chi connectivity index (χ3n) is 1.82. The van der Waals surface area contributed by atoms with Gasteiger partial charge in [0, 0.05) is 17.7 Å². The predicted molar refractivity (Wildman–Crippen MR) is 59.7 cm³/mol. The van der Waals surface area contributed by atoms with Gasteiger partial charge in [-0.05, 0) is 32.3 Å². The molecule has 76 valence electrons. The summed E-state index contributed by atoms with van der Waals surface area (Å²) in [5.74, 6) is -0.223. The molecular weight excluding hydrogens is 199 g/mol. The van der Waals surface area contributed by atoms with E-state index >= 15 is 0 Å². The summed E-state index contributed by atoms with van der Waals surface area (Å²) in [6.45, 7) is 0.544. The maximum Gasteiger partial charge on any atom is 0.127 e. The Labute approximate surface area is 88.5 Å². The van der Waals surface area contributed by atoms with Gasteiger partial charge in [0.05, 0.1) is 0 Å². The zero-order valence-electron chi connectivity index (χ0n) is 8.25. The van der Waals surface area contributed by atoms with Gasteiger partial charge in [0.25, 0.3) is 0 Å². The van der Waals surface area contributed by atoms with Crippen LogP contribution in [-0.4, -0.2) is 24.0 Å². The van der Waals surface area contributed by atoms with Crippen molar-refractivity contribution >= 4 is 17.2 Å². The van der Waals surface area contributed by atoms with Crippen LogP contribution in [0.1, 0.15) is 11.1 Å². The fourth-order valence-corrected chi connectivity index (χ4v) is 1.32. The highest BCUT2D eigenvalue weighted by atomic mass is 32.1. The van der Waals surface area contributed by atoms with Gasteiger partial charge in [0.15, 0.2) is 0 Å². The van der Waals surface area contributed by atoms with Gasteiger partial charge in [-0.15, -0.1) is 0 Å². The Bertz CT molecular complexity index is 350. The third-order valence-corrected chi connectivity index (χ3v) is 2.05. The van der Waals surface area contributed by atoms with Crippen LogP contribution in [0.25, 0.3) is 0 Å². The first-order valence-corrected chi connectivity index (χ1v) is 4.64. The quantitative estimate of drug-likeness (QED) is 0.770. The molecule has 2 nitrogen and oxygen atoms in total. The molecule has 1 aromatic carbocycles. The molecule has 0 aromatic heterocycles. The molecule has 0 spiro atoms. The predicted octanol–water partition coefficient (Wildman–Crippen LogP) is 1.52. The molecule has 1 rings (SSSR count). The van der Waals surface area contributed by atoms with Gasteiger partial charge >= 0.3 is 0 Å². The summed E-state index contributed by atoms with van der Waals surface area (Å²) in [4.78, 5) is 2.19. The Morgan fingerprint density at radius 1 is 1.50 bits per heavy atom. The monoisotopic (exact) mass is 212 g/mol. The number of nitrogens with zero attached hydrogens (tertiary/aromatic N) is 1. The van der Waals surface area contributed by atoms with E-state index in [1.807, 2.05) is 19.0 Å². The molecule has 0 saturated carbocycles. The van der Waals surface area contributed by atoms with Gasteiger partial charge in [0.1, 0.15) is 10.8 Å². The standard InChI is InChI=1S/C10H13FN2S/c1-13(2)6-8-5-7(10(12)14)3-4-9(8)11/h3-5H,6H2,1-2H3,(H2,12,14). The summed E-state index contributed by atoms with van der Waals surface area (Å²) in [6, 6.07) is 4.68. The van der Waals surface area contributed by atoms with Crippen LogP contribution in [0.3, 0.4) is 0 Å². The SMILES string of the molecule is CN(C)Cc1cc(C(N)=S)ccc1F. The smallest absolute Gasteiger partial charge is 0.127 e. The van der Waals surface area contributed by atoms with E-state index < -0.39 is 0 Å². The van der Waals surface area contributed by atoms with Crippen LogP contribution in [0.15, 0.2) is 18.2 Å². The van der Waals surface area contributed by atoms with Crippen LogP contribution in [0, 0.1) is 5.82 Å². The molecular formula is C10H13FN2S. The van der Waals surface area contributed by atoms with Crippen molar-refractivity contribution < 1.29 is 4.39 Å². The highest BCUT2D eigenvalue weighted by Gasteiger charge is 2.05. The van der Waals surface area contributed by atoms with Crippen LogP contribution >= 0.6 is 12.2 Å². The number of nitrogens with two attached hydrogens (primary N) is 1. The first kappa shape index (κ1) is 11.1. The molecule has 0 aliphatic rings. The van der Waals surface area contributed by atoms with Crippen molar-refractivity contribution in [3.8, 4) is 0 Å². The summed E-state index contributed by atoms with van der Waals surface area (Å²) < 4.78 is 13.3. The maximum absolute atomic E-state index is 13.3. The molecule has 0 saturated heterocycles. The Kier molecular flexibility index (Phi) is 3.55. The second-order valence-electron chi connectivity index (χ2n) is 3.41. The summed E-state index contributed by atoms with van der Waals surface area (Å²) in [5, 5.41) is 0. The average Bonchev–Trinajstić information content (AvgIpc) is 2.07. The molecule has 0 fully saturated rings. The van der Waals surface area contributed by atoms with Crippen LogP contribution in [0.4, 0.5) is 4.39 Å². The van der Waals surface area contributed by atoms with Gasteiger partial charge in [0.2, 0.25) is 0 Å². The number of hydrogen-bond donors (Lipinski definition) is 1. The number of halogens is 1. The molecule has 14 heavy (non-hydrogen) atoms. The topological polar surface area (TPSA) is 29.3 Å². The maximum atomic E-state index is 13.3. The van der Waals surface area contributed by atoms with Crippen molar-refractivity contribution in [2.24, 2.45) is 5.73 Å². The van der Waals surface area contributed by atoms with E-state index in [-0.39, 0.29) is 5.82 Å². The fourth-order valence-electron chi connectivity index (χ4n) is 1.19. The van der Waals surface area contributed by atoms with Gasteiger partial charge in [-0.1, -0.05) is 12.2 Å². The molecule has 0 radical (unpaired) electrons. The van der Waals surface area contributed by atoms with E-state index in [9.17, 15) is 4.39 Å². The van der Waals surface area contributed by atoms with E-state index in [1.54, 1.807) is 12.1 Å². The summed E-state index contributed by atoms with van der Waals surface area (Å²) in [5.41, 5.74) is 6.78. The minimum absolute atomic E-state index is 0.223. The molecule has 1 aromatic rings. The lowest BCUT2D eigenvalue weighted by Crippen LogP contribution is -2.14. The first-order valence-electron chi connectivity index (χ1n) is 4.23. The van der Waals surface area contributed by atoms with E-state index in [0.717, 1.165) is 0 Å². The third kappa shape index (κ3) is 2.75. The lowest BCUT2D eigenvalue weighted by molar-refractivity contribution is 0.392. The van der Waals surface area contributed by atoms with Crippen molar-refractivity contribution in [3.05, 3.63) is 35.1 Å². The van der Waals surface area contributed by atoms with Crippen molar-refractivity contribution in [2.45, 2.75) is 6.54 Å². The van der Waals surface area contributed by atoms with Gasteiger partial charge < -0.3 is 10.6 Å². The van der Waals surface area contributed by atoms with Crippen LogP contribution in [0.5, 0.6) is 0 Å². The van der Waals surface area contributed by atoms with Crippen LogP contribution in [-0.2, 0) is 6.54 Å². The lowest BCUT2D eigenvalue weighted by Gasteiger charge is -2.11. The second kappa shape index (κ2) is 4.48. The fraction of sp³-hybridized carbons (Fsp3) is 0.300. The van der Waals surface area contributed by atoms with Gasteiger partial charge in [-0.3, -0.25) is 0 Å². The van der Waals surface area contributed by atoms with E-state index in [0.29, 0.717) is 22.7 Å². The molecule has 0 amide bonds. The van der Waals surface area contributed by atoms with Crippen molar-refractivity contribution in [1.29, 1.82) is 0 Å². The van der Waals surface area contributed by atoms with Crippen molar-refractivity contribution in [1.82, 2.24) is 4.90 Å². The average molecular weight is 212 g/mol. The van der Waals surface area contributed by atoms with Crippen LogP contribution < -0.4 is 5.73 Å². The molecule has 0 aliphatic heterocycles. The van der Waals surface area contributed by atoms with E-state index in [2.05, 4.69) is 0 Å². The molecule has 0 heterocycles. The number of benzene rings is 1. The van der Waals surface area contributed by atoms with Gasteiger partial charge in [-0.25, -0.2) is 4.39 Å². The van der Waals surface area contributed by atoms with Crippen molar-refractivity contribution in [2.75, 3.05) is 14.1 Å². The molecule has 0 bridgehead atoms. The largest absolute Gasteiger partial charge is 0.389 e. The second-order valence-corrected chi connectivity index (χ2v) is 3.85.